The SMILES string of the molecule is CC(C)Nc1cc(-c2ccc(CCNC[C@H](O)c3ccccc3)cc2)ccc1C(=O)O.Cl.Cl. The maximum absolute atomic E-state index is 11.5. The Morgan fingerprint density at radius 3 is 2.15 bits per heavy atom. The molecular weight excluding hydrogens is 459 g/mol. The van der Waals surface area contributed by atoms with Crippen molar-refractivity contribution in [3.63, 3.8) is 0 Å². The minimum Gasteiger partial charge on any atom is -0.478 e. The molecule has 0 bridgehead atoms. The highest BCUT2D eigenvalue weighted by Gasteiger charge is 2.12. The van der Waals surface area contributed by atoms with Crippen LogP contribution in [0.2, 0.25) is 0 Å². The molecule has 0 amide bonds. The first-order valence-corrected chi connectivity index (χ1v) is 10.6. The third kappa shape index (κ3) is 8.37. The van der Waals surface area contributed by atoms with Crippen LogP contribution in [-0.4, -0.2) is 35.3 Å². The van der Waals surface area contributed by atoms with Crippen LogP contribution in [-0.2, 0) is 6.42 Å². The number of benzene rings is 3. The van der Waals surface area contributed by atoms with Crippen molar-refractivity contribution in [2.24, 2.45) is 0 Å². The summed E-state index contributed by atoms with van der Waals surface area (Å²) in [5.74, 6) is -0.935. The molecule has 0 aliphatic heterocycles. The third-order valence-electron chi connectivity index (χ3n) is 5.09. The van der Waals surface area contributed by atoms with E-state index in [4.69, 9.17) is 0 Å². The summed E-state index contributed by atoms with van der Waals surface area (Å²) in [6.07, 6.45) is 0.353. The molecule has 0 aliphatic rings. The Hall–Kier alpha value is -2.57. The molecule has 1 atom stereocenters. The lowest BCUT2D eigenvalue weighted by Crippen LogP contribution is -2.23. The molecule has 7 heteroatoms. The van der Waals surface area contributed by atoms with Crippen LogP contribution >= 0.6 is 24.8 Å². The summed E-state index contributed by atoms with van der Waals surface area (Å²) in [4.78, 5) is 11.5. The van der Waals surface area contributed by atoms with Gasteiger partial charge in [-0.3, -0.25) is 0 Å². The molecule has 33 heavy (non-hydrogen) atoms. The average molecular weight is 491 g/mol. The highest BCUT2D eigenvalue weighted by Crippen LogP contribution is 2.27. The number of hydrogen-bond acceptors (Lipinski definition) is 4. The minimum atomic E-state index is -0.935. The van der Waals surface area contributed by atoms with Crippen LogP contribution in [0.4, 0.5) is 5.69 Å². The topological polar surface area (TPSA) is 81.6 Å². The lowest BCUT2D eigenvalue weighted by Gasteiger charge is -2.15. The Morgan fingerprint density at radius 1 is 0.909 bits per heavy atom. The predicted octanol–water partition coefficient (Wildman–Crippen LogP) is 5.58. The molecule has 5 nitrogen and oxygen atoms in total. The van der Waals surface area contributed by atoms with Crippen molar-refractivity contribution in [1.82, 2.24) is 5.32 Å². The van der Waals surface area contributed by atoms with E-state index in [1.165, 1.54) is 5.56 Å². The van der Waals surface area contributed by atoms with E-state index >= 15 is 0 Å². The Morgan fingerprint density at radius 2 is 1.55 bits per heavy atom. The van der Waals surface area contributed by atoms with E-state index in [9.17, 15) is 15.0 Å². The molecule has 0 heterocycles. The normalized spacial score (nSPS) is 11.3. The summed E-state index contributed by atoms with van der Waals surface area (Å²) < 4.78 is 0. The van der Waals surface area contributed by atoms with Gasteiger partial charge in [0.2, 0.25) is 0 Å². The molecule has 0 saturated carbocycles. The van der Waals surface area contributed by atoms with Gasteiger partial charge in [0, 0.05) is 18.3 Å². The fourth-order valence-electron chi connectivity index (χ4n) is 3.47. The van der Waals surface area contributed by atoms with E-state index in [2.05, 4.69) is 34.9 Å². The van der Waals surface area contributed by atoms with Gasteiger partial charge in [0.25, 0.3) is 0 Å². The van der Waals surface area contributed by atoms with Gasteiger partial charge in [0.1, 0.15) is 0 Å². The number of nitrogens with one attached hydrogen (secondary N) is 2. The van der Waals surface area contributed by atoms with Gasteiger partial charge >= 0.3 is 5.97 Å². The van der Waals surface area contributed by atoms with Gasteiger partial charge in [0.15, 0.2) is 0 Å². The standard InChI is InChI=1S/C26H30N2O3.2ClH/c1-18(2)28-24-16-22(12-13-23(24)26(30)31)20-10-8-19(9-11-20)14-15-27-17-25(29)21-6-4-3-5-7-21;;/h3-13,16,18,25,27-29H,14-15,17H2,1-2H3,(H,30,31);2*1H/t25-;;/m0../s1. The van der Waals surface area contributed by atoms with Crippen LogP contribution in [0.5, 0.6) is 0 Å². The Bertz CT molecular complexity index is 996. The van der Waals surface area contributed by atoms with E-state index in [1.54, 1.807) is 6.07 Å². The third-order valence-corrected chi connectivity index (χ3v) is 5.09. The van der Waals surface area contributed by atoms with Crippen molar-refractivity contribution in [3.05, 3.63) is 89.5 Å². The monoisotopic (exact) mass is 490 g/mol. The van der Waals surface area contributed by atoms with Crippen LogP contribution in [0.1, 0.15) is 41.4 Å². The van der Waals surface area contributed by atoms with Crippen molar-refractivity contribution in [1.29, 1.82) is 0 Å². The van der Waals surface area contributed by atoms with Crippen LogP contribution in [0, 0.1) is 0 Å². The number of carboxylic acid groups (broad SMARTS) is 1. The molecule has 0 aromatic heterocycles. The van der Waals surface area contributed by atoms with Crippen LogP contribution in [0.3, 0.4) is 0 Å². The van der Waals surface area contributed by atoms with E-state index < -0.39 is 12.1 Å². The zero-order chi connectivity index (χ0) is 22.2. The number of hydrogen-bond donors (Lipinski definition) is 4. The number of aliphatic hydroxyl groups excluding tert-OH is 1. The summed E-state index contributed by atoms with van der Waals surface area (Å²) in [6, 6.07) is 23.5. The predicted molar refractivity (Wildman–Crippen MR) is 140 cm³/mol. The Labute approximate surface area is 208 Å². The Kier molecular flexibility index (Phi) is 12.0. The molecule has 3 rings (SSSR count). The molecule has 3 aromatic carbocycles. The summed E-state index contributed by atoms with van der Waals surface area (Å²) in [6.45, 7) is 5.27. The molecule has 0 radical (unpaired) electrons. The maximum atomic E-state index is 11.5. The van der Waals surface area contributed by atoms with Crippen molar-refractivity contribution >= 4 is 36.5 Å². The Balaban J connectivity index is 0.00000272. The lowest BCUT2D eigenvalue weighted by molar-refractivity contribution is 0.0698. The van der Waals surface area contributed by atoms with Gasteiger partial charge in [-0.25, -0.2) is 4.79 Å². The molecule has 0 spiro atoms. The zero-order valence-corrected chi connectivity index (χ0v) is 20.5. The largest absolute Gasteiger partial charge is 0.478 e. The number of rotatable bonds is 10. The van der Waals surface area contributed by atoms with Crippen molar-refractivity contribution in [2.75, 3.05) is 18.4 Å². The number of carboxylic acids is 1. The summed E-state index contributed by atoms with van der Waals surface area (Å²) in [7, 11) is 0. The smallest absolute Gasteiger partial charge is 0.337 e. The second-order valence-corrected chi connectivity index (χ2v) is 7.94. The highest BCUT2D eigenvalue weighted by molar-refractivity contribution is 5.95. The second kappa shape index (κ2) is 13.9. The molecule has 0 aliphatic carbocycles. The number of anilines is 1. The molecule has 4 N–H and O–H groups in total. The van der Waals surface area contributed by atoms with Gasteiger partial charge in [-0.05, 0) is 61.2 Å². The average Bonchev–Trinajstić information content (AvgIpc) is 2.77. The first-order chi connectivity index (χ1) is 14.9. The van der Waals surface area contributed by atoms with E-state index in [0.29, 0.717) is 12.2 Å². The minimum absolute atomic E-state index is 0. The van der Waals surface area contributed by atoms with E-state index in [0.717, 1.165) is 29.7 Å². The van der Waals surface area contributed by atoms with Crippen LogP contribution in [0.25, 0.3) is 11.1 Å². The van der Waals surface area contributed by atoms with Crippen molar-refractivity contribution in [3.8, 4) is 11.1 Å². The van der Waals surface area contributed by atoms with E-state index in [1.807, 2.05) is 56.3 Å². The first kappa shape index (κ1) is 28.5. The quantitative estimate of drug-likeness (QED) is 0.279. The second-order valence-electron chi connectivity index (χ2n) is 7.94. The number of aliphatic hydroxyl groups is 1. The van der Waals surface area contributed by atoms with Gasteiger partial charge in [-0.2, -0.15) is 0 Å². The molecular formula is C26H32Cl2N2O3. The number of carbonyl (C=O) groups is 1. The van der Waals surface area contributed by atoms with Crippen molar-refractivity contribution in [2.45, 2.75) is 32.4 Å². The van der Waals surface area contributed by atoms with Crippen molar-refractivity contribution < 1.29 is 15.0 Å². The molecule has 3 aromatic rings. The molecule has 0 unspecified atom stereocenters. The van der Waals surface area contributed by atoms with Crippen LogP contribution < -0.4 is 10.6 Å². The summed E-state index contributed by atoms with van der Waals surface area (Å²) >= 11 is 0. The fraction of sp³-hybridized carbons (Fsp3) is 0.269. The lowest BCUT2D eigenvalue weighted by atomic mass is 10.00. The maximum Gasteiger partial charge on any atom is 0.337 e. The first-order valence-electron chi connectivity index (χ1n) is 10.6. The number of aromatic carboxylic acids is 1. The van der Waals surface area contributed by atoms with Gasteiger partial charge in [0.05, 0.1) is 11.7 Å². The van der Waals surface area contributed by atoms with Crippen LogP contribution in [0.15, 0.2) is 72.8 Å². The van der Waals surface area contributed by atoms with E-state index in [-0.39, 0.29) is 36.4 Å². The molecule has 0 saturated heterocycles. The summed E-state index contributed by atoms with van der Waals surface area (Å²) in [5, 5.41) is 26.2. The molecule has 178 valence electrons. The highest BCUT2D eigenvalue weighted by atomic mass is 35.5. The molecule has 0 fully saturated rings. The van der Waals surface area contributed by atoms with Gasteiger partial charge in [-0.15, -0.1) is 24.8 Å². The fourth-order valence-corrected chi connectivity index (χ4v) is 3.47. The number of halogens is 2. The summed E-state index contributed by atoms with van der Waals surface area (Å²) in [5.41, 5.74) is 5.04. The van der Waals surface area contributed by atoms with Gasteiger partial charge < -0.3 is 20.8 Å². The zero-order valence-electron chi connectivity index (χ0n) is 18.8. The van der Waals surface area contributed by atoms with Gasteiger partial charge in [-0.1, -0.05) is 60.7 Å².